The highest BCUT2D eigenvalue weighted by Gasteiger charge is 2.25. The lowest BCUT2D eigenvalue weighted by Crippen LogP contribution is -2.20. The Kier molecular flexibility index (Phi) is 2.36. The zero-order valence-electron chi connectivity index (χ0n) is 9.13. The molecule has 1 aromatic carbocycles. The molecule has 0 fully saturated rings. The summed E-state index contributed by atoms with van der Waals surface area (Å²) in [5.41, 5.74) is 3.86. The number of hydrogen-bond donors (Lipinski definition) is 0. The van der Waals surface area contributed by atoms with Gasteiger partial charge in [-0.2, -0.15) is 0 Å². The van der Waals surface area contributed by atoms with Crippen LogP contribution in [0.15, 0.2) is 29.6 Å². The van der Waals surface area contributed by atoms with Crippen LogP contribution in [0.3, 0.4) is 0 Å². The van der Waals surface area contributed by atoms with Crippen molar-refractivity contribution in [3.63, 3.8) is 0 Å². The second kappa shape index (κ2) is 3.87. The first-order chi connectivity index (χ1) is 7.84. The zero-order valence-corrected chi connectivity index (χ0v) is 9.94. The summed E-state index contributed by atoms with van der Waals surface area (Å²) in [6, 6.07) is 8.63. The minimum absolute atomic E-state index is 0.614. The van der Waals surface area contributed by atoms with Crippen LogP contribution in [-0.4, -0.2) is 16.1 Å². The van der Waals surface area contributed by atoms with Gasteiger partial charge in [0, 0.05) is 23.5 Å². The van der Waals surface area contributed by atoms with Crippen LogP contribution in [0, 0.1) is 0 Å². The van der Waals surface area contributed by atoms with Crippen molar-refractivity contribution in [3.05, 3.63) is 40.9 Å². The van der Waals surface area contributed by atoms with Gasteiger partial charge < -0.3 is 4.90 Å². The number of fused-ring (bicyclic) bond motifs is 1. The Morgan fingerprint density at radius 3 is 3.12 bits per heavy atom. The molecule has 1 aromatic heterocycles. The first-order valence-corrected chi connectivity index (χ1v) is 6.28. The largest absolute Gasteiger partial charge is 0.365 e. The van der Waals surface area contributed by atoms with Gasteiger partial charge in [0.2, 0.25) is 0 Å². The number of anilines is 1. The van der Waals surface area contributed by atoms with Crippen molar-refractivity contribution in [2.45, 2.75) is 19.4 Å². The molecule has 2 aromatic rings. The lowest BCUT2D eigenvalue weighted by molar-refractivity contribution is 0.735. The number of hydrogen-bond acceptors (Lipinski definition) is 4. The molecule has 1 aliphatic heterocycles. The van der Waals surface area contributed by atoms with Gasteiger partial charge in [0.25, 0.3) is 0 Å². The lowest BCUT2D eigenvalue weighted by Gasteiger charge is -2.17. The molecule has 0 saturated heterocycles. The number of benzene rings is 1. The Morgan fingerprint density at radius 1 is 1.44 bits per heavy atom. The minimum Gasteiger partial charge on any atom is -0.365 e. The maximum atomic E-state index is 4.10. The molecule has 3 rings (SSSR count). The molecule has 0 aliphatic carbocycles. The third kappa shape index (κ3) is 1.59. The highest BCUT2D eigenvalue weighted by atomic mass is 32.1. The summed E-state index contributed by atoms with van der Waals surface area (Å²) in [5, 5.41) is 6.12. The molecule has 0 N–H and O–H groups in total. The molecular weight excluding hydrogens is 218 g/mol. The average molecular weight is 231 g/mol. The maximum Gasteiger partial charge on any atom is 0.0948 e. The van der Waals surface area contributed by atoms with Crippen molar-refractivity contribution in [2.24, 2.45) is 0 Å². The smallest absolute Gasteiger partial charge is 0.0948 e. The van der Waals surface area contributed by atoms with Gasteiger partial charge >= 0.3 is 0 Å². The van der Waals surface area contributed by atoms with E-state index in [0.29, 0.717) is 5.92 Å². The molecule has 0 radical (unpaired) electrons. The summed E-state index contributed by atoms with van der Waals surface area (Å²) in [4.78, 5) is 2.39. The summed E-state index contributed by atoms with van der Waals surface area (Å²) in [6.45, 7) is 4.23. The Bertz CT molecular complexity index is 481. The van der Waals surface area contributed by atoms with Gasteiger partial charge in [-0.25, -0.2) is 0 Å². The molecule has 4 heteroatoms. The maximum absolute atomic E-state index is 4.10. The molecule has 82 valence electrons. The van der Waals surface area contributed by atoms with Crippen molar-refractivity contribution in [1.82, 2.24) is 9.59 Å². The van der Waals surface area contributed by atoms with E-state index in [1.165, 1.54) is 22.8 Å². The molecule has 1 atom stereocenters. The second-order valence-electron chi connectivity index (χ2n) is 4.24. The zero-order chi connectivity index (χ0) is 11.0. The van der Waals surface area contributed by atoms with Gasteiger partial charge in [0.15, 0.2) is 0 Å². The highest BCUT2D eigenvalue weighted by Crippen LogP contribution is 2.36. The van der Waals surface area contributed by atoms with Crippen molar-refractivity contribution in [3.8, 4) is 0 Å². The number of para-hydroxylation sites is 1. The topological polar surface area (TPSA) is 29.0 Å². The quantitative estimate of drug-likeness (QED) is 0.795. The third-order valence-corrected chi connectivity index (χ3v) is 3.61. The van der Waals surface area contributed by atoms with E-state index < -0.39 is 0 Å². The summed E-state index contributed by atoms with van der Waals surface area (Å²) in [5.74, 6) is 0.614. The van der Waals surface area contributed by atoms with E-state index in [1.54, 1.807) is 0 Å². The van der Waals surface area contributed by atoms with Crippen LogP contribution in [0.5, 0.6) is 0 Å². The van der Waals surface area contributed by atoms with Crippen LogP contribution in [0.1, 0.15) is 24.1 Å². The van der Waals surface area contributed by atoms with Gasteiger partial charge in [-0.05, 0) is 23.2 Å². The lowest BCUT2D eigenvalue weighted by atomic mass is 10.0. The standard InChI is InChI=1S/C12H13N3S/c1-9-6-15(7-10-8-16-14-13-10)12-5-3-2-4-11(9)12/h2-5,8-9H,6-7H2,1H3/t9-/m1/s1. The predicted molar refractivity (Wildman–Crippen MR) is 65.8 cm³/mol. The molecule has 0 bridgehead atoms. The number of rotatable bonds is 2. The fourth-order valence-electron chi connectivity index (χ4n) is 2.32. The molecule has 0 saturated carbocycles. The fourth-order valence-corrected chi connectivity index (χ4v) is 2.76. The van der Waals surface area contributed by atoms with E-state index in [4.69, 9.17) is 0 Å². The molecule has 0 amide bonds. The second-order valence-corrected chi connectivity index (χ2v) is 4.85. The monoisotopic (exact) mass is 231 g/mol. The van der Waals surface area contributed by atoms with Gasteiger partial charge in [0.1, 0.15) is 0 Å². The van der Waals surface area contributed by atoms with Gasteiger partial charge in [-0.15, -0.1) is 5.10 Å². The van der Waals surface area contributed by atoms with Crippen molar-refractivity contribution < 1.29 is 0 Å². The van der Waals surface area contributed by atoms with Crippen molar-refractivity contribution in [2.75, 3.05) is 11.4 Å². The van der Waals surface area contributed by atoms with Crippen LogP contribution in [0.2, 0.25) is 0 Å². The van der Waals surface area contributed by atoms with E-state index in [9.17, 15) is 0 Å². The molecule has 1 aliphatic rings. The SMILES string of the molecule is C[C@@H]1CN(Cc2csnn2)c2ccccc21. The van der Waals surface area contributed by atoms with Crippen LogP contribution in [0.25, 0.3) is 0 Å². The normalized spacial score (nSPS) is 18.8. The molecular formula is C12H13N3S. The van der Waals surface area contributed by atoms with Gasteiger partial charge in [0.05, 0.1) is 12.2 Å². The molecule has 0 spiro atoms. The fraction of sp³-hybridized carbons (Fsp3) is 0.333. The number of nitrogens with zero attached hydrogens (tertiary/aromatic N) is 3. The number of aromatic nitrogens is 2. The van der Waals surface area contributed by atoms with Gasteiger partial charge in [-0.3, -0.25) is 0 Å². The third-order valence-electron chi connectivity index (χ3n) is 3.06. The highest BCUT2D eigenvalue weighted by molar-refractivity contribution is 7.03. The Morgan fingerprint density at radius 2 is 2.31 bits per heavy atom. The summed E-state index contributed by atoms with van der Waals surface area (Å²) in [6.07, 6.45) is 0. The predicted octanol–water partition coefficient (Wildman–Crippen LogP) is 2.66. The van der Waals surface area contributed by atoms with Crippen molar-refractivity contribution >= 4 is 17.2 Å². The molecule has 0 unspecified atom stereocenters. The van der Waals surface area contributed by atoms with Crippen LogP contribution in [-0.2, 0) is 6.54 Å². The Hall–Kier alpha value is -1.42. The minimum atomic E-state index is 0.614. The van der Waals surface area contributed by atoms with E-state index in [-0.39, 0.29) is 0 Å². The van der Waals surface area contributed by atoms with Gasteiger partial charge in [-0.1, -0.05) is 29.6 Å². The summed E-state index contributed by atoms with van der Waals surface area (Å²) in [7, 11) is 0. The molecule has 2 heterocycles. The first kappa shape index (κ1) is 9.78. The van der Waals surface area contributed by atoms with Crippen LogP contribution < -0.4 is 4.90 Å². The molecule has 16 heavy (non-hydrogen) atoms. The summed E-state index contributed by atoms with van der Waals surface area (Å²) >= 11 is 1.42. The Labute approximate surface area is 98.9 Å². The first-order valence-electron chi connectivity index (χ1n) is 5.44. The van der Waals surface area contributed by atoms with E-state index >= 15 is 0 Å². The van der Waals surface area contributed by atoms with Crippen LogP contribution >= 0.6 is 11.5 Å². The van der Waals surface area contributed by atoms with E-state index in [1.807, 2.05) is 5.38 Å². The van der Waals surface area contributed by atoms with E-state index in [2.05, 4.69) is 45.7 Å². The average Bonchev–Trinajstić information content (AvgIpc) is 2.90. The molecule has 3 nitrogen and oxygen atoms in total. The van der Waals surface area contributed by atoms with Crippen LogP contribution in [0.4, 0.5) is 5.69 Å². The van der Waals surface area contributed by atoms with E-state index in [0.717, 1.165) is 18.8 Å². The Balaban J connectivity index is 1.89. The summed E-state index contributed by atoms with van der Waals surface area (Å²) < 4.78 is 3.90. The van der Waals surface area contributed by atoms with Crippen molar-refractivity contribution in [1.29, 1.82) is 0 Å².